The average molecular weight is 632 g/mol. The fourth-order valence-corrected chi connectivity index (χ4v) is 6.73. The molecule has 2 unspecified atom stereocenters. The van der Waals surface area contributed by atoms with Crippen LogP contribution in [0.2, 0.25) is 0 Å². The minimum Gasteiger partial charge on any atom is -0.335 e. The number of fused-ring (bicyclic) bond motifs is 2. The van der Waals surface area contributed by atoms with Crippen molar-refractivity contribution in [2.75, 3.05) is 58.3 Å². The van der Waals surface area contributed by atoms with Crippen molar-refractivity contribution in [1.29, 1.82) is 0 Å². The molecular formula is C36H40F3N5O2. The number of rotatable bonds is 6. The first-order chi connectivity index (χ1) is 22.0. The first kappa shape index (κ1) is 31.8. The molecule has 1 aliphatic carbocycles. The summed E-state index contributed by atoms with van der Waals surface area (Å²) >= 11 is 0. The number of likely N-dealkylation sites (N-methyl/N-ethyl adjacent to an activating group) is 1. The van der Waals surface area contributed by atoms with Gasteiger partial charge in [0.15, 0.2) is 0 Å². The molecule has 10 heteroatoms. The quantitative estimate of drug-likeness (QED) is 0.358. The van der Waals surface area contributed by atoms with Crippen LogP contribution in [0.5, 0.6) is 0 Å². The van der Waals surface area contributed by atoms with E-state index >= 15 is 0 Å². The number of hydrogen-bond donors (Lipinski definition) is 0. The molecule has 3 aromatic rings. The number of carbonyl (C=O) groups is 2. The highest BCUT2D eigenvalue weighted by molar-refractivity contribution is 6.08. The molecule has 0 radical (unpaired) electrons. The lowest BCUT2D eigenvalue weighted by Crippen LogP contribution is -2.50. The molecule has 6 rings (SSSR count). The Labute approximate surface area is 268 Å². The molecule has 2 aromatic carbocycles. The van der Waals surface area contributed by atoms with Crippen LogP contribution in [-0.4, -0.2) is 90.6 Å². The van der Waals surface area contributed by atoms with Crippen LogP contribution < -0.4 is 4.90 Å². The third-order valence-electron chi connectivity index (χ3n) is 9.58. The molecule has 3 aliphatic rings. The smallest absolute Gasteiger partial charge is 0.335 e. The molecule has 0 bridgehead atoms. The summed E-state index contributed by atoms with van der Waals surface area (Å²) in [5, 5.41) is 0. The highest BCUT2D eigenvalue weighted by Crippen LogP contribution is 2.53. The molecule has 3 heterocycles. The first-order valence-electron chi connectivity index (χ1n) is 15.7. The molecule has 1 saturated heterocycles. The fourth-order valence-electron chi connectivity index (χ4n) is 6.73. The van der Waals surface area contributed by atoms with Crippen LogP contribution in [0, 0.1) is 5.41 Å². The van der Waals surface area contributed by atoms with Crippen molar-refractivity contribution in [3.8, 4) is 0 Å². The Hall–Kier alpha value is -4.15. The van der Waals surface area contributed by atoms with Gasteiger partial charge in [0.05, 0.1) is 18.5 Å². The Bertz CT molecular complexity index is 1650. The van der Waals surface area contributed by atoms with Gasteiger partial charge in [-0.15, -0.1) is 0 Å². The number of amides is 2. The SMILES string of the molecule is CN(C)CCN1CCN(C(=O)c2ccc3n2Cc2ccccc2N(C(=O)C2=CC(C)(C(F)(F)F)C(c4ccccc4)C=C2)C3)CC1. The molecule has 2 atom stereocenters. The van der Waals surface area contributed by atoms with E-state index in [0.717, 1.165) is 50.4 Å². The minimum atomic E-state index is -4.59. The second-order valence-corrected chi connectivity index (χ2v) is 12.9. The zero-order valence-electron chi connectivity index (χ0n) is 26.5. The van der Waals surface area contributed by atoms with Gasteiger partial charge in [-0.25, -0.2) is 0 Å². The molecule has 1 fully saturated rings. The predicted octanol–water partition coefficient (Wildman–Crippen LogP) is 5.55. The zero-order chi connectivity index (χ0) is 32.6. The maximum absolute atomic E-state index is 14.7. The van der Waals surface area contributed by atoms with Gasteiger partial charge in [-0.05, 0) is 50.3 Å². The second kappa shape index (κ2) is 12.6. The van der Waals surface area contributed by atoms with Crippen molar-refractivity contribution in [2.24, 2.45) is 5.41 Å². The summed E-state index contributed by atoms with van der Waals surface area (Å²) in [6.07, 6.45) is -0.484. The van der Waals surface area contributed by atoms with Gasteiger partial charge < -0.3 is 19.3 Å². The van der Waals surface area contributed by atoms with Gasteiger partial charge in [0.1, 0.15) is 5.69 Å². The number of nitrogens with zero attached hydrogens (tertiary/aromatic N) is 5. The molecule has 0 spiro atoms. The fraction of sp³-hybridized carbons (Fsp3) is 0.389. The molecule has 7 nitrogen and oxygen atoms in total. The normalized spacial score (nSPS) is 21.9. The second-order valence-electron chi connectivity index (χ2n) is 12.9. The van der Waals surface area contributed by atoms with Gasteiger partial charge in [0, 0.05) is 62.1 Å². The van der Waals surface area contributed by atoms with Crippen molar-refractivity contribution >= 4 is 17.5 Å². The maximum Gasteiger partial charge on any atom is 0.398 e. The van der Waals surface area contributed by atoms with Gasteiger partial charge in [-0.3, -0.25) is 14.5 Å². The number of anilines is 1. The number of piperazine rings is 1. The first-order valence-corrected chi connectivity index (χ1v) is 15.7. The van der Waals surface area contributed by atoms with Crippen LogP contribution in [0.4, 0.5) is 18.9 Å². The highest BCUT2D eigenvalue weighted by atomic mass is 19.4. The topological polar surface area (TPSA) is 52.0 Å². The molecule has 46 heavy (non-hydrogen) atoms. The molecule has 0 saturated carbocycles. The Kier molecular flexibility index (Phi) is 8.69. The standard InChI is InChI=1S/C36H40F3N5O2/c1-35(36(37,38)39)23-27(13-15-30(35)26-9-5-4-6-10-26)33(45)44-25-29-14-16-32(43(29)24-28-11-7-8-12-31(28)44)34(46)42-21-19-41(20-22-42)18-17-40(2)3/h4-16,23,30H,17-22,24-25H2,1-3H3. The third kappa shape index (κ3) is 6.03. The number of para-hydroxylation sites is 1. The maximum atomic E-state index is 14.7. The van der Waals surface area contributed by atoms with Crippen LogP contribution in [0.1, 0.15) is 40.2 Å². The average Bonchev–Trinajstić information content (AvgIpc) is 3.36. The number of carbonyl (C=O) groups excluding carboxylic acids is 2. The summed E-state index contributed by atoms with van der Waals surface area (Å²) in [4.78, 5) is 35.9. The summed E-state index contributed by atoms with van der Waals surface area (Å²) in [6, 6.07) is 19.6. The van der Waals surface area contributed by atoms with Gasteiger partial charge in [0.2, 0.25) is 0 Å². The van der Waals surface area contributed by atoms with E-state index in [1.165, 1.54) is 12.2 Å². The van der Waals surface area contributed by atoms with Gasteiger partial charge in [-0.1, -0.05) is 66.8 Å². The number of halogens is 3. The Morgan fingerprint density at radius 2 is 1.59 bits per heavy atom. The summed E-state index contributed by atoms with van der Waals surface area (Å²) in [5.74, 6) is -1.54. The number of hydrogen-bond acceptors (Lipinski definition) is 4. The van der Waals surface area contributed by atoms with Crippen LogP contribution in [0.3, 0.4) is 0 Å². The lowest BCUT2D eigenvalue weighted by atomic mass is 9.69. The minimum absolute atomic E-state index is 0.00903. The molecular weight excluding hydrogens is 591 g/mol. The molecule has 1 aromatic heterocycles. The predicted molar refractivity (Wildman–Crippen MR) is 173 cm³/mol. The summed E-state index contributed by atoms with van der Waals surface area (Å²) < 4.78 is 46.1. The van der Waals surface area contributed by atoms with Crippen LogP contribution in [0.25, 0.3) is 0 Å². The Morgan fingerprint density at radius 3 is 2.28 bits per heavy atom. The van der Waals surface area contributed by atoms with E-state index in [0.29, 0.717) is 36.6 Å². The van der Waals surface area contributed by atoms with Crippen LogP contribution in [-0.2, 0) is 17.9 Å². The monoisotopic (exact) mass is 631 g/mol. The molecule has 2 aliphatic heterocycles. The summed E-state index contributed by atoms with van der Waals surface area (Å²) in [5.41, 5.74) is 0.977. The molecule has 2 amide bonds. The molecule has 0 N–H and O–H groups in total. The van der Waals surface area contributed by atoms with E-state index in [4.69, 9.17) is 0 Å². The zero-order valence-corrected chi connectivity index (χ0v) is 26.5. The van der Waals surface area contributed by atoms with Crippen molar-refractivity contribution in [3.05, 3.63) is 113 Å². The number of benzene rings is 2. The summed E-state index contributed by atoms with van der Waals surface area (Å²) in [7, 11) is 4.10. The van der Waals surface area contributed by atoms with Gasteiger partial charge >= 0.3 is 6.18 Å². The lowest BCUT2D eigenvalue weighted by Gasteiger charge is -2.38. The van der Waals surface area contributed by atoms with E-state index in [-0.39, 0.29) is 18.0 Å². The van der Waals surface area contributed by atoms with E-state index in [2.05, 4.69) is 23.9 Å². The van der Waals surface area contributed by atoms with Crippen LogP contribution in [0.15, 0.2) is 90.5 Å². The van der Waals surface area contributed by atoms with Crippen molar-refractivity contribution in [1.82, 2.24) is 19.3 Å². The van der Waals surface area contributed by atoms with Crippen molar-refractivity contribution in [3.63, 3.8) is 0 Å². The number of aromatic nitrogens is 1. The van der Waals surface area contributed by atoms with E-state index in [1.54, 1.807) is 41.3 Å². The molecule has 242 valence electrons. The lowest BCUT2D eigenvalue weighted by molar-refractivity contribution is -0.204. The van der Waals surface area contributed by atoms with Gasteiger partial charge in [0.25, 0.3) is 11.8 Å². The third-order valence-corrected chi connectivity index (χ3v) is 9.58. The van der Waals surface area contributed by atoms with E-state index < -0.39 is 23.4 Å². The summed E-state index contributed by atoms with van der Waals surface area (Å²) in [6.45, 7) is 6.46. The highest BCUT2D eigenvalue weighted by Gasteiger charge is 2.55. The van der Waals surface area contributed by atoms with E-state index in [1.807, 2.05) is 39.8 Å². The Morgan fingerprint density at radius 1 is 0.891 bits per heavy atom. The number of allylic oxidation sites excluding steroid dienone is 2. The van der Waals surface area contributed by atoms with Gasteiger partial charge in [-0.2, -0.15) is 13.2 Å². The Balaban J connectivity index is 1.28. The van der Waals surface area contributed by atoms with E-state index in [9.17, 15) is 22.8 Å². The van der Waals surface area contributed by atoms with Crippen LogP contribution >= 0.6 is 0 Å². The van der Waals surface area contributed by atoms with Crippen molar-refractivity contribution in [2.45, 2.75) is 32.1 Å². The largest absolute Gasteiger partial charge is 0.398 e. The van der Waals surface area contributed by atoms with Crippen molar-refractivity contribution < 1.29 is 22.8 Å². The number of alkyl halides is 3.